The Morgan fingerprint density at radius 2 is 1.83 bits per heavy atom. The van der Waals surface area contributed by atoms with E-state index in [4.69, 9.17) is 20.3 Å². The van der Waals surface area contributed by atoms with Crippen LogP contribution in [-0.4, -0.2) is 57.4 Å². The van der Waals surface area contributed by atoms with Crippen LogP contribution < -0.4 is 10.5 Å². The van der Waals surface area contributed by atoms with Gasteiger partial charge in [0.15, 0.2) is 5.65 Å². The van der Waals surface area contributed by atoms with Crippen molar-refractivity contribution in [1.29, 1.82) is 0 Å². The Balaban J connectivity index is 1.57. The van der Waals surface area contributed by atoms with Gasteiger partial charge in [-0.3, -0.25) is 4.79 Å². The predicted molar refractivity (Wildman–Crippen MR) is 135 cm³/mol. The van der Waals surface area contributed by atoms with Gasteiger partial charge in [-0.2, -0.15) is 5.10 Å². The maximum Gasteiger partial charge on any atom is 0.246 e. The monoisotopic (exact) mass is 472 g/mol. The van der Waals surface area contributed by atoms with E-state index in [1.54, 1.807) is 22.8 Å². The highest BCUT2D eigenvalue weighted by Gasteiger charge is 2.18. The molecule has 2 aromatic heterocycles. The summed E-state index contributed by atoms with van der Waals surface area (Å²) in [6.07, 6.45) is 4.65. The van der Waals surface area contributed by atoms with Crippen LogP contribution in [0.2, 0.25) is 0 Å². The fraction of sp³-hybridized carbons (Fsp3) is 0.231. The van der Waals surface area contributed by atoms with E-state index >= 15 is 0 Å². The van der Waals surface area contributed by atoms with Crippen LogP contribution >= 0.6 is 0 Å². The van der Waals surface area contributed by atoms with Crippen molar-refractivity contribution in [1.82, 2.24) is 24.6 Å². The van der Waals surface area contributed by atoms with E-state index in [1.165, 1.54) is 12.4 Å². The number of nitrogens with two attached hydrogens (primary N) is 1. The Hall–Kier alpha value is -4.24. The summed E-state index contributed by atoms with van der Waals surface area (Å²) in [6, 6.07) is 17.2. The molecule has 2 N–H and O–H groups in total. The van der Waals surface area contributed by atoms with Crippen molar-refractivity contribution < 1.29 is 14.3 Å². The molecular formula is C26H28N6O3. The van der Waals surface area contributed by atoms with Gasteiger partial charge in [0.25, 0.3) is 0 Å². The molecule has 4 aromatic rings. The highest BCUT2D eigenvalue weighted by Crippen LogP contribution is 2.32. The number of nitrogens with zero attached hydrogens (tertiary/aromatic N) is 5. The molecule has 0 spiro atoms. The molecule has 4 rings (SSSR count). The quantitative estimate of drug-likeness (QED) is 0.349. The van der Waals surface area contributed by atoms with Crippen LogP contribution in [0.3, 0.4) is 0 Å². The normalized spacial score (nSPS) is 11.3. The first-order valence-electron chi connectivity index (χ1n) is 11.4. The van der Waals surface area contributed by atoms with Gasteiger partial charge in [0.2, 0.25) is 5.91 Å². The van der Waals surface area contributed by atoms with Crippen LogP contribution in [0, 0.1) is 0 Å². The van der Waals surface area contributed by atoms with Crippen LogP contribution in [0.5, 0.6) is 11.5 Å². The fourth-order valence-corrected chi connectivity index (χ4v) is 3.68. The maximum absolute atomic E-state index is 12.5. The SMILES string of the molecule is CCN(CCn1nc(-c2ccc(Oc3ccccc3)cc2)c2c(N)ncnc21)C(=O)/C=C/COC. The van der Waals surface area contributed by atoms with Gasteiger partial charge in [0, 0.05) is 31.8 Å². The van der Waals surface area contributed by atoms with E-state index in [0.29, 0.717) is 54.5 Å². The van der Waals surface area contributed by atoms with Crippen molar-refractivity contribution in [3.8, 4) is 22.8 Å². The molecule has 35 heavy (non-hydrogen) atoms. The Labute approximate surface area is 203 Å². The van der Waals surface area contributed by atoms with Gasteiger partial charge >= 0.3 is 0 Å². The molecule has 0 fully saturated rings. The molecule has 2 aromatic carbocycles. The van der Waals surface area contributed by atoms with Crippen molar-refractivity contribution >= 4 is 22.8 Å². The first-order chi connectivity index (χ1) is 17.1. The standard InChI is InChI=1S/C26H28N6O3/c1-3-31(22(33)10-7-17-34-2)15-16-32-26-23(25(27)28-18-29-26)24(30-32)19-11-13-21(14-12-19)35-20-8-5-4-6-9-20/h4-14,18H,3,15-17H2,1-2H3,(H2,27,28,29)/b10-7+. The Morgan fingerprint density at radius 3 is 2.54 bits per heavy atom. The Bertz CT molecular complexity index is 1300. The zero-order valence-corrected chi connectivity index (χ0v) is 19.8. The number of likely N-dealkylation sites (N-methyl/N-ethyl adjacent to an activating group) is 1. The Morgan fingerprint density at radius 1 is 1.09 bits per heavy atom. The van der Waals surface area contributed by atoms with Gasteiger partial charge < -0.3 is 20.1 Å². The summed E-state index contributed by atoms with van der Waals surface area (Å²) in [5.41, 5.74) is 8.39. The summed E-state index contributed by atoms with van der Waals surface area (Å²) < 4.78 is 12.6. The number of para-hydroxylation sites is 1. The lowest BCUT2D eigenvalue weighted by atomic mass is 10.1. The summed E-state index contributed by atoms with van der Waals surface area (Å²) in [7, 11) is 1.59. The fourth-order valence-electron chi connectivity index (χ4n) is 3.68. The third-order valence-electron chi connectivity index (χ3n) is 5.46. The van der Waals surface area contributed by atoms with Gasteiger partial charge in [-0.1, -0.05) is 24.3 Å². The number of methoxy groups -OCH3 is 1. The van der Waals surface area contributed by atoms with Crippen LogP contribution in [0.1, 0.15) is 6.92 Å². The van der Waals surface area contributed by atoms with E-state index in [1.807, 2.05) is 61.5 Å². The molecule has 9 nitrogen and oxygen atoms in total. The van der Waals surface area contributed by atoms with Crippen molar-refractivity contribution in [2.45, 2.75) is 13.5 Å². The van der Waals surface area contributed by atoms with Crippen LogP contribution in [-0.2, 0) is 16.1 Å². The van der Waals surface area contributed by atoms with E-state index < -0.39 is 0 Å². The van der Waals surface area contributed by atoms with Crippen molar-refractivity contribution in [3.63, 3.8) is 0 Å². The highest BCUT2D eigenvalue weighted by molar-refractivity contribution is 5.98. The number of hydrogen-bond acceptors (Lipinski definition) is 7. The van der Waals surface area contributed by atoms with Crippen LogP contribution in [0.25, 0.3) is 22.3 Å². The lowest BCUT2D eigenvalue weighted by molar-refractivity contribution is -0.126. The van der Waals surface area contributed by atoms with Crippen molar-refractivity contribution in [2.24, 2.45) is 0 Å². The number of carbonyl (C=O) groups excluding carboxylic acids is 1. The average Bonchev–Trinajstić information content (AvgIpc) is 3.25. The summed E-state index contributed by atoms with van der Waals surface area (Å²) in [5, 5.41) is 5.47. The number of ether oxygens (including phenoxy) is 2. The zero-order valence-electron chi connectivity index (χ0n) is 19.8. The minimum Gasteiger partial charge on any atom is -0.457 e. The number of nitrogen functional groups attached to an aromatic ring is 1. The van der Waals surface area contributed by atoms with Crippen LogP contribution in [0.4, 0.5) is 5.82 Å². The van der Waals surface area contributed by atoms with Gasteiger partial charge in [-0.05, 0) is 43.3 Å². The number of anilines is 1. The number of hydrogen-bond donors (Lipinski definition) is 1. The third kappa shape index (κ3) is 5.64. The van der Waals surface area contributed by atoms with Crippen molar-refractivity contribution in [2.75, 3.05) is 32.5 Å². The number of amides is 1. The van der Waals surface area contributed by atoms with E-state index in [-0.39, 0.29) is 5.91 Å². The first-order valence-corrected chi connectivity index (χ1v) is 11.4. The molecule has 1 amide bonds. The van der Waals surface area contributed by atoms with E-state index in [0.717, 1.165) is 11.3 Å². The molecule has 0 radical (unpaired) electrons. The van der Waals surface area contributed by atoms with Crippen LogP contribution in [0.15, 0.2) is 73.1 Å². The highest BCUT2D eigenvalue weighted by atomic mass is 16.5. The average molecular weight is 473 g/mol. The Kier molecular flexibility index (Phi) is 7.69. The molecule has 0 aliphatic heterocycles. The number of benzene rings is 2. The second kappa shape index (κ2) is 11.3. The minimum atomic E-state index is -0.0793. The van der Waals surface area contributed by atoms with Gasteiger partial charge in [0.05, 0.1) is 18.5 Å². The van der Waals surface area contributed by atoms with Gasteiger partial charge in [-0.15, -0.1) is 0 Å². The largest absolute Gasteiger partial charge is 0.457 e. The number of aromatic nitrogens is 4. The molecule has 180 valence electrons. The molecule has 0 saturated carbocycles. The molecule has 9 heteroatoms. The number of fused-ring (bicyclic) bond motifs is 1. The van der Waals surface area contributed by atoms with E-state index in [2.05, 4.69) is 9.97 Å². The second-order valence-electron chi connectivity index (χ2n) is 7.74. The molecule has 0 saturated heterocycles. The summed E-state index contributed by atoms with van der Waals surface area (Å²) >= 11 is 0. The predicted octanol–water partition coefficient (Wildman–Crippen LogP) is 3.92. The van der Waals surface area contributed by atoms with Gasteiger partial charge in [0.1, 0.15) is 29.3 Å². The summed E-state index contributed by atoms with van der Waals surface area (Å²) in [4.78, 5) is 22.8. The lowest BCUT2D eigenvalue weighted by Crippen LogP contribution is -2.32. The first kappa shape index (κ1) is 23.9. The molecule has 0 bridgehead atoms. The maximum atomic E-state index is 12.5. The van der Waals surface area contributed by atoms with Gasteiger partial charge in [-0.25, -0.2) is 14.6 Å². The molecule has 2 heterocycles. The molecule has 0 aliphatic carbocycles. The second-order valence-corrected chi connectivity index (χ2v) is 7.74. The topological polar surface area (TPSA) is 108 Å². The summed E-state index contributed by atoms with van der Waals surface area (Å²) in [6.45, 7) is 3.83. The van der Waals surface area contributed by atoms with Crippen molar-refractivity contribution in [3.05, 3.63) is 73.1 Å². The molecule has 0 aliphatic rings. The number of rotatable bonds is 10. The summed E-state index contributed by atoms with van der Waals surface area (Å²) in [5.74, 6) is 1.75. The molecule has 0 unspecified atom stereocenters. The smallest absolute Gasteiger partial charge is 0.246 e. The minimum absolute atomic E-state index is 0.0793. The molecule has 0 atom stereocenters. The zero-order chi connectivity index (χ0) is 24.6. The number of carbonyl (C=O) groups is 1. The van der Waals surface area contributed by atoms with E-state index in [9.17, 15) is 4.79 Å². The third-order valence-corrected chi connectivity index (χ3v) is 5.46. The molecular weight excluding hydrogens is 444 g/mol. The lowest BCUT2D eigenvalue weighted by Gasteiger charge is -2.19.